The van der Waals surface area contributed by atoms with Crippen LogP contribution in [0, 0.1) is 18.3 Å². The number of hydrogen-bond acceptors (Lipinski definition) is 0. The van der Waals surface area contributed by atoms with E-state index in [0.717, 1.165) is 0 Å². The molecule has 0 aromatic heterocycles. The first-order valence-electron chi connectivity index (χ1n) is 3.79. The van der Waals surface area contributed by atoms with Gasteiger partial charge in [0.2, 0.25) is 0 Å². The Kier molecular flexibility index (Phi) is 7.82. The third-order valence-electron chi connectivity index (χ3n) is 1.48. The summed E-state index contributed by atoms with van der Waals surface area (Å²) < 4.78 is 0. The maximum absolute atomic E-state index is 4.04. The predicted molar refractivity (Wildman–Crippen MR) is 43.2 cm³/mol. The molecule has 1 radical (unpaired) electrons. The minimum absolute atomic E-state index is 0. The molecule has 10 heavy (non-hydrogen) atoms. The van der Waals surface area contributed by atoms with Crippen molar-refractivity contribution in [2.75, 3.05) is 0 Å². The van der Waals surface area contributed by atoms with Crippen molar-refractivity contribution in [3.63, 3.8) is 0 Å². The molecule has 0 saturated carbocycles. The van der Waals surface area contributed by atoms with Gasteiger partial charge in [-0.15, -0.1) is 0 Å². The van der Waals surface area contributed by atoms with E-state index in [4.69, 9.17) is 0 Å². The Labute approximate surface area is 91.0 Å². The van der Waals surface area contributed by atoms with Crippen molar-refractivity contribution < 1.29 is 32.7 Å². The molecule has 0 nitrogen and oxygen atoms in total. The maximum atomic E-state index is 4.04. The molecule has 1 unspecified atom stereocenters. The van der Waals surface area contributed by atoms with Crippen LogP contribution >= 0.6 is 0 Å². The van der Waals surface area contributed by atoms with Crippen LogP contribution in [0.25, 0.3) is 0 Å². The minimum Gasteiger partial charge on any atom is -0.340 e. The van der Waals surface area contributed by atoms with Crippen molar-refractivity contribution in [3.05, 3.63) is 6.92 Å². The van der Waals surface area contributed by atoms with Gasteiger partial charge in [0, 0.05) is 32.7 Å². The van der Waals surface area contributed by atoms with Crippen molar-refractivity contribution in [1.82, 2.24) is 0 Å². The van der Waals surface area contributed by atoms with Gasteiger partial charge in [-0.2, -0.15) is 5.92 Å². The standard InChI is InChI=1S/C9H19.Y/c1-6-8(2)7-9(3,4)5;/h8H,2,6-7H2,1,3-5H3;/q-1;. The van der Waals surface area contributed by atoms with Gasteiger partial charge in [0.05, 0.1) is 0 Å². The van der Waals surface area contributed by atoms with E-state index in [9.17, 15) is 0 Å². The maximum Gasteiger partial charge on any atom is 0 e. The summed E-state index contributed by atoms with van der Waals surface area (Å²) in [6, 6.07) is 0. The molecule has 0 rings (SSSR count). The zero-order valence-electron chi connectivity index (χ0n) is 7.78. The average molecular weight is 216 g/mol. The third kappa shape index (κ3) is 9.10. The van der Waals surface area contributed by atoms with Crippen molar-refractivity contribution in [2.45, 2.75) is 40.5 Å². The molecule has 0 aliphatic rings. The normalized spacial score (nSPS) is 14.1. The SMILES string of the molecule is [CH2-]C(CC)CC(C)(C)C.[Y]. The van der Waals surface area contributed by atoms with Crippen LogP contribution < -0.4 is 0 Å². The quantitative estimate of drug-likeness (QED) is 0.621. The summed E-state index contributed by atoms with van der Waals surface area (Å²) in [6.45, 7) is 13.0. The molecule has 1 atom stereocenters. The van der Waals surface area contributed by atoms with Gasteiger partial charge in [-0.1, -0.05) is 40.5 Å². The van der Waals surface area contributed by atoms with Gasteiger partial charge in [-0.05, 0) is 5.41 Å². The van der Waals surface area contributed by atoms with E-state index < -0.39 is 0 Å². The zero-order valence-corrected chi connectivity index (χ0v) is 10.6. The molecule has 0 bridgehead atoms. The molecule has 0 aliphatic carbocycles. The van der Waals surface area contributed by atoms with E-state index in [-0.39, 0.29) is 32.7 Å². The Balaban J connectivity index is 0. The van der Waals surface area contributed by atoms with Crippen molar-refractivity contribution in [3.8, 4) is 0 Å². The number of rotatable bonds is 2. The molecule has 0 spiro atoms. The van der Waals surface area contributed by atoms with Crippen LogP contribution in [0.5, 0.6) is 0 Å². The van der Waals surface area contributed by atoms with Crippen LogP contribution in [0.4, 0.5) is 0 Å². The van der Waals surface area contributed by atoms with Gasteiger partial charge < -0.3 is 6.92 Å². The summed E-state index contributed by atoms with van der Waals surface area (Å²) in [5.74, 6) is 0.644. The van der Waals surface area contributed by atoms with Crippen molar-refractivity contribution >= 4 is 0 Å². The summed E-state index contributed by atoms with van der Waals surface area (Å²) in [5.41, 5.74) is 0.461. The first-order valence-corrected chi connectivity index (χ1v) is 3.79. The summed E-state index contributed by atoms with van der Waals surface area (Å²) in [5, 5.41) is 0. The van der Waals surface area contributed by atoms with E-state index in [1.54, 1.807) is 0 Å². The Bertz CT molecular complexity index is 71.3. The molecule has 0 saturated heterocycles. The average Bonchev–Trinajstić information content (AvgIpc) is 1.62. The molecule has 0 N–H and O–H groups in total. The van der Waals surface area contributed by atoms with Gasteiger partial charge in [0.15, 0.2) is 0 Å². The van der Waals surface area contributed by atoms with Crippen LogP contribution in [-0.2, 0) is 32.7 Å². The Morgan fingerprint density at radius 3 is 1.80 bits per heavy atom. The summed E-state index contributed by atoms with van der Waals surface area (Å²) in [7, 11) is 0. The third-order valence-corrected chi connectivity index (χ3v) is 1.48. The summed E-state index contributed by atoms with van der Waals surface area (Å²) in [4.78, 5) is 0. The minimum atomic E-state index is 0. The fourth-order valence-corrected chi connectivity index (χ4v) is 1.01. The van der Waals surface area contributed by atoms with Crippen LogP contribution in [-0.4, -0.2) is 0 Å². The van der Waals surface area contributed by atoms with E-state index in [0.29, 0.717) is 11.3 Å². The molecule has 0 heterocycles. The van der Waals surface area contributed by atoms with Crippen molar-refractivity contribution in [1.29, 1.82) is 0 Å². The second-order valence-corrected chi connectivity index (χ2v) is 4.04. The molecular formula is C9H19Y-. The van der Waals surface area contributed by atoms with Crippen LogP contribution in [0.1, 0.15) is 40.5 Å². The molecular weight excluding hydrogens is 197 g/mol. The van der Waals surface area contributed by atoms with Crippen LogP contribution in [0.2, 0.25) is 0 Å². The fourth-order valence-electron chi connectivity index (χ4n) is 1.01. The second kappa shape index (κ2) is 5.72. The van der Waals surface area contributed by atoms with Gasteiger partial charge in [-0.25, -0.2) is 0 Å². The molecule has 0 aromatic carbocycles. The molecule has 0 aromatic rings. The van der Waals surface area contributed by atoms with Gasteiger partial charge >= 0.3 is 0 Å². The summed E-state index contributed by atoms with van der Waals surface area (Å²) in [6.07, 6.45) is 2.45. The topological polar surface area (TPSA) is 0 Å². The van der Waals surface area contributed by atoms with E-state index >= 15 is 0 Å². The molecule has 1 heteroatoms. The first-order chi connectivity index (χ1) is 3.95. The van der Waals surface area contributed by atoms with Gasteiger partial charge in [-0.3, -0.25) is 0 Å². The first kappa shape index (κ1) is 13.7. The Morgan fingerprint density at radius 2 is 1.70 bits per heavy atom. The Morgan fingerprint density at radius 1 is 1.30 bits per heavy atom. The molecule has 59 valence electrons. The van der Waals surface area contributed by atoms with Crippen LogP contribution in [0.3, 0.4) is 0 Å². The monoisotopic (exact) mass is 216 g/mol. The molecule has 0 fully saturated rings. The van der Waals surface area contributed by atoms with Crippen molar-refractivity contribution in [2.24, 2.45) is 11.3 Å². The fraction of sp³-hybridized carbons (Fsp3) is 0.889. The summed E-state index contributed by atoms with van der Waals surface area (Å²) >= 11 is 0. The smallest absolute Gasteiger partial charge is 0 e. The van der Waals surface area contributed by atoms with E-state index in [1.807, 2.05) is 0 Å². The second-order valence-electron chi connectivity index (χ2n) is 4.04. The largest absolute Gasteiger partial charge is 0.340 e. The Hall–Kier alpha value is 1.10. The van der Waals surface area contributed by atoms with E-state index in [2.05, 4.69) is 34.6 Å². The van der Waals surface area contributed by atoms with Crippen LogP contribution in [0.15, 0.2) is 0 Å². The number of hydrogen-bond donors (Lipinski definition) is 0. The predicted octanol–water partition coefficient (Wildman–Crippen LogP) is 3.28. The van der Waals surface area contributed by atoms with Gasteiger partial charge in [0.25, 0.3) is 0 Å². The molecule has 0 amide bonds. The molecule has 0 aliphatic heterocycles. The van der Waals surface area contributed by atoms with E-state index in [1.165, 1.54) is 12.8 Å². The zero-order chi connectivity index (χ0) is 7.49. The van der Waals surface area contributed by atoms with Gasteiger partial charge in [0.1, 0.15) is 0 Å².